The third-order valence-electron chi connectivity index (χ3n) is 2.68. The first-order chi connectivity index (χ1) is 9.11. The Morgan fingerprint density at radius 3 is 2.89 bits per heavy atom. The van der Waals surface area contributed by atoms with E-state index in [-0.39, 0.29) is 0 Å². The molecule has 0 saturated carbocycles. The molecule has 5 heteroatoms. The van der Waals surface area contributed by atoms with Gasteiger partial charge in [0.05, 0.1) is 11.4 Å². The van der Waals surface area contributed by atoms with Crippen LogP contribution in [0.15, 0.2) is 42.7 Å². The first kappa shape index (κ1) is 11.9. The minimum atomic E-state index is 0.607. The molecule has 0 aliphatic carbocycles. The van der Waals surface area contributed by atoms with Crippen molar-refractivity contribution in [1.82, 2.24) is 9.38 Å². The lowest BCUT2D eigenvalue weighted by Gasteiger charge is -2.08. The summed E-state index contributed by atoms with van der Waals surface area (Å²) in [6.45, 7) is 1.92. The number of imidazole rings is 1. The van der Waals surface area contributed by atoms with E-state index in [2.05, 4.69) is 4.98 Å². The Balaban J connectivity index is 2.09. The summed E-state index contributed by atoms with van der Waals surface area (Å²) in [4.78, 5) is 4.42. The van der Waals surface area contributed by atoms with Crippen LogP contribution >= 0.6 is 11.6 Å². The van der Waals surface area contributed by atoms with Gasteiger partial charge in [0.15, 0.2) is 11.4 Å². The Labute approximate surface area is 115 Å². The Morgan fingerprint density at radius 1 is 1.26 bits per heavy atom. The normalized spacial score (nSPS) is 10.8. The summed E-state index contributed by atoms with van der Waals surface area (Å²) in [6, 6.07) is 8.96. The van der Waals surface area contributed by atoms with Crippen LogP contribution in [0, 0.1) is 6.92 Å². The summed E-state index contributed by atoms with van der Waals surface area (Å²) in [7, 11) is 0. The maximum absolute atomic E-state index is 5.94. The van der Waals surface area contributed by atoms with Gasteiger partial charge in [-0.2, -0.15) is 0 Å². The topological polar surface area (TPSA) is 52.5 Å². The van der Waals surface area contributed by atoms with Crippen molar-refractivity contribution in [1.29, 1.82) is 0 Å². The monoisotopic (exact) mass is 273 g/mol. The molecule has 1 aromatic carbocycles. The smallest absolute Gasteiger partial charge is 0.180 e. The molecule has 4 nitrogen and oxygen atoms in total. The first-order valence-corrected chi connectivity index (χ1v) is 6.18. The average Bonchev–Trinajstić information content (AvgIpc) is 2.69. The number of hydrogen-bond acceptors (Lipinski definition) is 3. The van der Waals surface area contributed by atoms with E-state index in [1.165, 1.54) is 0 Å². The van der Waals surface area contributed by atoms with Crippen LogP contribution in [-0.4, -0.2) is 9.38 Å². The maximum atomic E-state index is 5.94. The molecule has 3 rings (SSSR count). The Hall–Kier alpha value is -2.20. The standard InChI is InChI=1S/C14H12ClN3O/c1-9-7-18-8-11(16)6-13(14(18)17-9)19-12-4-2-3-10(15)5-12/h2-8H,16H2,1H3. The minimum Gasteiger partial charge on any atom is -0.453 e. The summed E-state index contributed by atoms with van der Waals surface area (Å²) < 4.78 is 7.67. The van der Waals surface area contributed by atoms with E-state index in [9.17, 15) is 0 Å². The Morgan fingerprint density at radius 2 is 2.11 bits per heavy atom. The second-order valence-electron chi connectivity index (χ2n) is 4.31. The molecule has 96 valence electrons. The molecule has 0 bridgehead atoms. The van der Waals surface area contributed by atoms with Crippen LogP contribution in [0.4, 0.5) is 5.69 Å². The molecule has 2 aromatic heterocycles. The molecule has 0 amide bonds. The molecule has 3 aromatic rings. The molecule has 0 unspecified atom stereocenters. The second kappa shape index (κ2) is 4.48. The molecule has 0 aliphatic heterocycles. The van der Waals surface area contributed by atoms with Crippen molar-refractivity contribution in [2.45, 2.75) is 6.92 Å². The van der Waals surface area contributed by atoms with Crippen molar-refractivity contribution in [3.63, 3.8) is 0 Å². The molecule has 0 atom stereocenters. The predicted octanol–water partition coefficient (Wildman–Crippen LogP) is 3.67. The van der Waals surface area contributed by atoms with Gasteiger partial charge in [0.1, 0.15) is 5.75 Å². The van der Waals surface area contributed by atoms with Crippen LogP contribution in [0.2, 0.25) is 5.02 Å². The van der Waals surface area contributed by atoms with Crippen LogP contribution in [-0.2, 0) is 0 Å². The first-order valence-electron chi connectivity index (χ1n) is 5.80. The van der Waals surface area contributed by atoms with Crippen LogP contribution in [0.3, 0.4) is 0 Å². The number of anilines is 1. The number of pyridine rings is 1. The van der Waals surface area contributed by atoms with Crippen molar-refractivity contribution in [3.8, 4) is 11.5 Å². The quantitative estimate of drug-likeness (QED) is 0.775. The molecule has 2 N–H and O–H groups in total. The van der Waals surface area contributed by atoms with Crippen molar-refractivity contribution in [3.05, 3.63) is 53.4 Å². The molecule has 19 heavy (non-hydrogen) atoms. The number of nitrogens with two attached hydrogens (primary N) is 1. The van der Waals surface area contributed by atoms with E-state index in [4.69, 9.17) is 22.1 Å². The number of fused-ring (bicyclic) bond motifs is 1. The van der Waals surface area contributed by atoms with Crippen LogP contribution < -0.4 is 10.5 Å². The third-order valence-corrected chi connectivity index (χ3v) is 2.92. The Kier molecular flexibility index (Phi) is 2.80. The number of nitrogen functional groups attached to an aromatic ring is 1. The van der Waals surface area contributed by atoms with Crippen LogP contribution in [0.5, 0.6) is 11.5 Å². The van der Waals surface area contributed by atoms with Gasteiger partial charge in [-0.15, -0.1) is 0 Å². The number of halogens is 1. The molecule has 0 spiro atoms. The highest BCUT2D eigenvalue weighted by Gasteiger charge is 2.08. The molecule has 0 radical (unpaired) electrons. The Bertz CT molecular complexity index is 752. The number of aryl methyl sites for hydroxylation is 1. The fourth-order valence-corrected chi connectivity index (χ4v) is 2.12. The van der Waals surface area contributed by atoms with Crippen molar-refractivity contribution < 1.29 is 4.74 Å². The summed E-state index contributed by atoms with van der Waals surface area (Å²) in [5.41, 5.74) is 8.11. The van der Waals surface area contributed by atoms with E-state index in [1.54, 1.807) is 24.4 Å². The summed E-state index contributed by atoms with van der Waals surface area (Å²) in [5, 5.41) is 0.622. The van der Waals surface area contributed by atoms with Gasteiger partial charge >= 0.3 is 0 Å². The molecule has 0 fully saturated rings. The summed E-state index contributed by atoms with van der Waals surface area (Å²) >= 11 is 5.94. The molecule has 2 heterocycles. The van der Waals surface area contributed by atoms with E-state index >= 15 is 0 Å². The van der Waals surface area contributed by atoms with Gasteiger partial charge < -0.3 is 14.9 Å². The van der Waals surface area contributed by atoms with E-state index < -0.39 is 0 Å². The number of hydrogen-bond donors (Lipinski definition) is 1. The van der Waals surface area contributed by atoms with Crippen molar-refractivity contribution in [2.75, 3.05) is 5.73 Å². The molecular weight excluding hydrogens is 262 g/mol. The zero-order valence-corrected chi connectivity index (χ0v) is 11.1. The SMILES string of the molecule is Cc1cn2cc(N)cc(Oc3cccc(Cl)c3)c2n1. The number of ether oxygens (including phenoxy) is 1. The molecule has 0 aliphatic rings. The van der Waals surface area contributed by atoms with E-state index in [1.807, 2.05) is 29.7 Å². The lowest BCUT2D eigenvalue weighted by molar-refractivity contribution is 0.485. The van der Waals surface area contributed by atoms with Gasteiger partial charge in [0, 0.05) is 23.5 Å². The molecular formula is C14H12ClN3O. The predicted molar refractivity (Wildman–Crippen MR) is 75.9 cm³/mol. The highest BCUT2D eigenvalue weighted by atomic mass is 35.5. The van der Waals surface area contributed by atoms with Crippen LogP contribution in [0.1, 0.15) is 5.69 Å². The number of benzene rings is 1. The molecule has 0 saturated heterocycles. The zero-order valence-electron chi connectivity index (χ0n) is 10.3. The highest BCUT2D eigenvalue weighted by Crippen LogP contribution is 2.29. The lowest BCUT2D eigenvalue weighted by atomic mass is 10.3. The fraction of sp³-hybridized carbons (Fsp3) is 0.0714. The van der Waals surface area contributed by atoms with E-state index in [0.29, 0.717) is 22.2 Å². The highest BCUT2D eigenvalue weighted by molar-refractivity contribution is 6.30. The van der Waals surface area contributed by atoms with Crippen molar-refractivity contribution >= 4 is 22.9 Å². The van der Waals surface area contributed by atoms with Gasteiger partial charge in [0.2, 0.25) is 0 Å². The average molecular weight is 274 g/mol. The lowest BCUT2D eigenvalue weighted by Crippen LogP contribution is -1.94. The fourth-order valence-electron chi connectivity index (χ4n) is 1.94. The van der Waals surface area contributed by atoms with Crippen molar-refractivity contribution in [2.24, 2.45) is 0 Å². The zero-order chi connectivity index (χ0) is 13.4. The largest absolute Gasteiger partial charge is 0.453 e. The number of aromatic nitrogens is 2. The van der Waals surface area contributed by atoms with Gasteiger partial charge in [-0.1, -0.05) is 17.7 Å². The summed E-state index contributed by atoms with van der Waals surface area (Å²) in [6.07, 6.45) is 3.71. The van der Waals surface area contributed by atoms with Gasteiger partial charge in [-0.3, -0.25) is 0 Å². The van der Waals surface area contributed by atoms with Crippen LogP contribution in [0.25, 0.3) is 5.65 Å². The number of nitrogens with zero attached hydrogens (tertiary/aromatic N) is 2. The second-order valence-corrected chi connectivity index (χ2v) is 4.75. The number of rotatable bonds is 2. The third kappa shape index (κ3) is 2.35. The van der Waals surface area contributed by atoms with Gasteiger partial charge in [-0.25, -0.2) is 4.98 Å². The maximum Gasteiger partial charge on any atom is 0.180 e. The summed E-state index contributed by atoms with van der Waals surface area (Å²) in [5.74, 6) is 1.26. The van der Waals surface area contributed by atoms with E-state index in [0.717, 1.165) is 11.3 Å². The van der Waals surface area contributed by atoms with Gasteiger partial charge in [0.25, 0.3) is 0 Å². The minimum absolute atomic E-state index is 0.607. The van der Waals surface area contributed by atoms with Gasteiger partial charge in [-0.05, 0) is 25.1 Å².